The van der Waals surface area contributed by atoms with Crippen LogP contribution in [0.2, 0.25) is 0 Å². The van der Waals surface area contributed by atoms with Crippen LogP contribution in [-0.2, 0) is 4.79 Å². The summed E-state index contributed by atoms with van der Waals surface area (Å²) in [5.74, 6) is -0.279. The van der Waals surface area contributed by atoms with Crippen LogP contribution < -0.4 is 4.90 Å². The predicted molar refractivity (Wildman–Crippen MR) is 67.0 cm³/mol. The predicted octanol–water partition coefficient (Wildman–Crippen LogP) is 2.60. The summed E-state index contributed by atoms with van der Waals surface area (Å²) >= 11 is 4.78. The molecule has 16 heavy (non-hydrogen) atoms. The number of hydrogen-bond donors (Lipinski definition) is 1. The topological polar surface area (TPSA) is 53.4 Å². The van der Waals surface area contributed by atoms with Gasteiger partial charge in [-0.05, 0) is 34.7 Å². The largest absolute Gasteiger partial charge is 0.480 e. The molecule has 1 saturated heterocycles. The Balaban J connectivity index is 2.21. The zero-order chi connectivity index (χ0) is 11.7. The molecule has 0 aromatic carbocycles. The number of carbonyl (C=O) groups is 1. The molecule has 2 heterocycles. The van der Waals surface area contributed by atoms with Gasteiger partial charge in [0.25, 0.3) is 0 Å². The molecule has 2 atom stereocenters. The van der Waals surface area contributed by atoms with Crippen molar-refractivity contribution in [3.05, 3.63) is 9.98 Å². The highest BCUT2D eigenvalue weighted by molar-refractivity contribution is 9.10. The highest BCUT2D eigenvalue weighted by atomic mass is 79.9. The molecule has 2 unspecified atom stereocenters. The van der Waals surface area contributed by atoms with Crippen LogP contribution >= 0.6 is 27.3 Å². The number of carboxylic acid groups (broad SMARTS) is 1. The number of hydrogen-bond acceptors (Lipinski definition) is 4. The fraction of sp³-hybridized carbons (Fsp3) is 0.600. The van der Waals surface area contributed by atoms with Crippen LogP contribution in [0.15, 0.2) is 9.98 Å². The number of anilines is 1. The van der Waals surface area contributed by atoms with Gasteiger partial charge >= 0.3 is 5.97 Å². The van der Waals surface area contributed by atoms with E-state index in [9.17, 15) is 9.90 Å². The Labute approximate surface area is 106 Å². The van der Waals surface area contributed by atoms with Gasteiger partial charge in [0.15, 0.2) is 5.13 Å². The van der Waals surface area contributed by atoms with E-state index in [0.29, 0.717) is 12.3 Å². The van der Waals surface area contributed by atoms with Crippen LogP contribution in [0.3, 0.4) is 0 Å². The maximum atomic E-state index is 11.2. The normalized spacial score (nSPS) is 25.8. The monoisotopic (exact) mass is 304 g/mol. The molecule has 1 aromatic heterocycles. The highest BCUT2D eigenvalue weighted by Gasteiger charge is 2.33. The fourth-order valence-electron chi connectivity index (χ4n) is 1.98. The lowest BCUT2D eigenvalue weighted by molar-refractivity contribution is -0.139. The molecule has 0 spiro atoms. The van der Waals surface area contributed by atoms with E-state index in [2.05, 4.69) is 27.8 Å². The molecule has 0 amide bonds. The second-order valence-corrected chi connectivity index (χ2v) is 5.78. The van der Waals surface area contributed by atoms with Crippen LogP contribution in [0.5, 0.6) is 0 Å². The van der Waals surface area contributed by atoms with Gasteiger partial charge in [-0.25, -0.2) is 9.78 Å². The van der Waals surface area contributed by atoms with Crippen molar-refractivity contribution in [3.8, 4) is 0 Å². The third-order valence-corrected chi connectivity index (χ3v) is 4.45. The van der Waals surface area contributed by atoms with Gasteiger partial charge in [-0.2, -0.15) is 0 Å². The third kappa shape index (κ3) is 2.38. The molecule has 1 fully saturated rings. The summed E-state index contributed by atoms with van der Waals surface area (Å²) in [6.07, 6.45) is 1.73. The Bertz CT molecular complexity index is 396. The number of aromatic nitrogens is 1. The Morgan fingerprint density at radius 3 is 3.06 bits per heavy atom. The molecule has 0 radical (unpaired) electrons. The van der Waals surface area contributed by atoms with E-state index in [-0.39, 0.29) is 0 Å². The summed E-state index contributed by atoms with van der Waals surface area (Å²) in [5.41, 5.74) is 0. The van der Waals surface area contributed by atoms with Crippen molar-refractivity contribution in [3.63, 3.8) is 0 Å². The third-order valence-electron chi connectivity index (χ3n) is 2.86. The summed E-state index contributed by atoms with van der Waals surface area (Å²) in [7, 11) is 0. The fourth-order valence-corrected chi connectivity index (χ4v) is 3.31. The molecule has 1 aromatic rings. The van der Waals surface area contributed by atoms with Crippen molar-refractivity contribution >= 4 is 38.4 Å². The van der Waals surface area contributed by atoms with Crippen LogP contribution in [0.1, 0.15) is 19.8 Å². The van der Waals surface area contributed by atoms with Crippen molar-refractivity contribution in [1.82, 2.24) is 4.98 Å². The van der Waals surface area contributed by atoms with Crippen molar-refractivity contribution < 1.29 is 9.90 Å². The molecule has 2 rings (SSSR count). The minimum atomic E-state index is -0.752. The number of aliphatic carboxylic acids is 1. The molecule has 4 nitrogen and oxygen atoms in total. The lowest BCUT2D eigenvalue weighted by Gasteiger charge is -2.35. The molecule has 0 bridgehead atoms. The van der Waals surface area contributed by atoms with Crippen LogP contribution in [0.25, 0.3) is 0 Å². The van der Waals surface area contributed by atoms with E-state index >= 15 is 0 Å². The number of piperidine rings is 1. The molecular weight excluding hydrogens is 292 g/mol. The molecule has 6 heteroatoms. The first-order valence-corrected chi connectivity index (χ1v) is 6.85. The van der Waals surface area contributed by atoms with Crippen molar-refractivity contribution in [2.75, 3.05) is 11.4 Å². The van der Waals surface area contributed by atoms with E-state index in [1.165, 1.54) is 11.3 Å². The number of thiazole rings is 1. The van der Waals surface area contributed by atoms with Gasteiger partial charge in [0.1, 0.15) is 10.6 Å². The number of nitrogens with zero attached hydrogens (tertiary/aromatic N) is 2. The SMILES string of the molecule is CC1CCN(c2nc(Br)cs2)C(C(=O)O)C1. The molecule has 1 aliphatic rings. The Morgan fingerprint density at radius 1 is 1.75 bits per heavy atom. The molecule has 0 aliphatic carbocycles. The zero-order valence-electron chi connectivity index (χ0n) is 8.89. The zero-order valence-corrected chi connectivity index (χ0v) is 11.3. The van der Waals surface area contributed by atoms with Gasteiger partial charge in [0.05, 0.1) is 0 Å². The maximum Gasteiger partial charge on any atom is 0.326 e. The van der Waals surface area contributed by atoms with Gasteiger partial charge in [-0.3, -0.25) is 0 Å². The Hall–Kier alpha value is -0.620. The molecular formula is C10H13BrN2O2S. The highest BCUT2D eigenvalue weighted by Crippen LogP contribution is 2.31. The van der Waals surface area contributed by atoms with Gasteiger partial charge < -0.3 is 10.0 Å². The minimum absolute atomic E-state index is 0.429. The van der Waals surface area contributed by atoms with Crippen molar-refractivity contribution in [2.24, 2.45) is 5.92 Å². The first-order chi connectivity index (χ1) is 7.58. The van der Waals surface area contributed by atoms with E-state index in [0.717, 1.165) is 22.7 Å². The van der Waals surface area contributed by atoms with Crippen molar-refractivity contribution in [2.45, 2.75) is 25.8 Å². The van der Waals surface area contributed by atoms with Crippen LogP contribution in [0.4, 0.5) is 5.13 Å². The molecule has 88 valence electrons. The van der Waals surface area contributed by atoms with Crippen LogP contribution in [-0.4, -0.2) is 28.6 Å². The maximum absolute atomic E-state index is 11.2. The van der Waals surface area contributed by atoms with E-state index in [4.69, 9.17) is 0 Å². The van der Waals surface area contributed by atoms with Gasteiger partial charge in [0, 0.05) is 11.9 Å². The average molecular weight is 305 g/mol. The number of rotatable bonds is 2. The van der Waals surface area contributed by atoms with Crippen molar-refractivity contribution in [1.29, 1.82) is 0 Å². The summed E-state index contributed by atoms with van der Waals surface area (Å²) in [4.78, 5) is 17.4. The molecule has 1 N–H and O–H groups in total. The Kier molecular flexibility index (Phi) is 3.49. The Morgan fingerprint density at radius 2 is 2.50 bits per heavy atom. The average Bonchev–Trinajstić information content (AvgIpc) is 2.64. The first kappa shape index (κ1) is 11.9. The lowest BCUT2D eigenvalue weighted by atomic mass is 9.93. The quantitative estimate of drug-likeness (QED) is 0.912. The number of carboxylic acids is 1. The molecule has 0 saturated carbocycles. The van der Waals surface area contributed by atoms with Gasteiger partial charge in [-0.15, -0.1) is 11.3 Å². The van der Waals surface area contributed by atoms with Gasteiger partial charge in [0.2, 0.25) is 0 Å². The first-order valence-electron chi connectivity index (χ1n) is 5.18. The lowest BCUT2D eigenvalue weighted by Crippen LogP contribution is -2.46. The number of halogens is 1. The van der Waals surface area contributed by atoms with Crippen LogP contribution in [0, 0.1) is 5.92 Å². The van der Waals surface area contributed by atoms with Gasteiger partial charge in [-0.1, -0.05) is 6.92 Å². The van der Waals surface area contributed by atoms with E-state index < -0.39 is 12.0 Å². The second kappa shape index (κ2) is 4.71. The minimum Gasteiger partial charge on any atom is -0.480 e. The van der Waals surface area contributed by atoms with E-state index in [1.54, 1.807) is 0 Å². The summed E-state index contributed by atoms with van der Waals surface area (Å²) in [6.45, 7) is 2.88. The summed E-state index contributed by atoms with van der Waals surface area (Å²) in [6, 6.07) is -0.429. The smallest absolute Gasteiger partial charge is 0.326 e. The molecule has 1 aliphatic heterocycles. The van der Waals surface area contributed by atoms with E-state index in [1.807, 2.05) is 10.3 Å². The standard InChI is InChI=1S/C10H13BrN2O2S/c1-6-2-3-13(7(4-6)9(14)15)10-12-8(11)5-16-10/h5-7H,2-4H2,1H3,(H,14,15). The summed E-state index contributed by atoms with van der Waals surface area (Å²) < 4.78 is 0.773. The summed E-state index contributed by atoms with van der Waals surface area (Å²) in [5, 5.41) is 11.9. The second-order valence-electron chi connectivity index (χ2n) is 4.13.